The molecule has 10 heteroatoms. The molecule has 0 unspecified atom stereocenters. The van der Waals surface area contributed by atoms with E-state index in [9.17, 15) is 18.0 Å². The first kappa shape index (κ1) is 22.2. The van der Waals surface area contributed by atoms with Crippen LogP contribution in [-0.4, -0.2) is 84.6 Å². The number of nitrogens with zero attached hydrogens (tertiary/aromatic N) is 4. The van der Waals surface area contributed by atoms with Gasteiger partial charge in [0.2, 0.25) is 5.91 Å². The fourth-order valence-electron chi connectivity index (χ4n) is 3.75. The predicted molar refractivity (Wildman–Crippen MR) is 112 cm³/mol. The smallest absolute Gasteiger partial charge is 0.378 e. The molecule has 0 atom stereocenters. The van der Waals surface area contributed by atoms with Crippen molar-refractivity contribution in [2.45, 2.75) is 12.7 Å². The molecule has 1 aromatic heterocycles. The van der Waals surface area contributed by atoms with E-state index >= 15 is 0 Å². The zero-order valence-electron chi connectivity index (χ0n) is 17.1. The van der Waals surface area contributed by atoms with E-state index in [4.69, 9.17) is 4.74 Å². The molecule has 3 heterocycles. The molecule has 0 saturated carbocycles. The van der Waals surface area contributed by atoms with Gasteiger partial charge in [0.1, 0.15) is 5.01 Å². The summed E-state index contributed by atoms with van der Waals surface area (Å²) in [6.07, 6.45) is -4.33. The second-order valence-electron chi connectivity index (χ2n) is 7.76. The van der Waals surface area contributed by atoms with Gasteiger partial charge >= 0.3 is 6.18 Å². The van der Waals surface area contributed by atoms with E-state index in [1.165, 1.54) is 23.5 Å². The van der Waals surface area contributed by atoms with Crippen molar-refractivity contribution in [2.75, 3.05) is 59.0 Å². The van der Waals surface area contributed by atoms with Gasteiger partial charge in [0.15, 0.2) is 0 Å². The second kappa shape index (κ2) is 9.64. The standard InChI is InChI=1S/C21H25F3N4O2S/c22-21(23,24)17-3-1-16(2-4-17)20-25-18(15-31-20)13-26-5-7-27(8-6-26)14-19(29)28-9-11-30-12-10-28/h1-4,15H,5-14H2. The van der Waals surface area contributed by atoms with E-state index in [0.717, 1.165) is 49.0 Å². The molecule has 2 aliphatic heterocycles. The van der Waals surface area contributed by atoms with Gasteiger partial charge in [0.05, 0.1) is 31.0 Å². The topological polar surface area (TPSA) is 48.9 Å². The molecule has 31 heavy (non-hydrogen) atoms. The van der Waals surface area contributed by atoms with Crippen LogP contribution >= 0.6 is 11.3 Å². The number of piperazine rings is 1. The van der Waals surface area contributed by atoms with Crippen LogP contribution < -0.4 is 0 Å². The highest BCUT2D eigenvalue weighted by Crippen LogP contribution is 2.31. The summed E-state index contributed by atoms with van der Waals surface area (Å²) in [5.74, 6) is 0.164. The number of benzene rings is 1. The molecule has 1 amide bonds. The molecule has 1 aromatic carbocycles. The number of carbonyl (C=O) groups is 1. The molecule has 6 nitrogen and oxygen atoms in total. The maximum atomic E-state index is 12.7. The van der Waals surface area contributed by atoms with Gasteiger partial charge in [-0.1, -0.05) is 12.1 Å². The minimum atomic E-state index is -4.33. The number of aromatic nitrogens is 1. The molecule has 0 radical (unpaired) electrons. The largest absolute Gasteiger partial charge is 0.416 e. The number of alkyl halides is 3. The lowest BCUT2D eigenvalue weighted by atomic mass is 10.1. The number of rotatable bonds is 5. The first-order chi connectivity index (χ1) is 14.9. The Kier molecular flexibility index (Phi) is 6.90. The van der Waals surface area contributed by atoms with Crippen molar-refractivity contribution in [3.8, 4) is 10.6 Å². The van der Waals surface area contributed by atoms with Crippen molar-refractivity contribution >= 4 is 17.2 Å². The third-order valence-corrected chi connectivity index (χ3v) is 6.52. The summed E-state index contributed by atoms with van der Waals surface area (Å²) in [5, 5.41) is 2.68. The van der Waals surface area contributed by atoms with Crippen LogP contribution in [0.3, 0.4) is 0 Å². The Balaban J connectivity index is 1.26. The Labute approximate surface area is 183 Å². The first-order valence-corrected chi connectivity index (χ1v) is 11.2. The number of ether oxygens (including phenoxy) is 1. The van der Waals surface area contributed by atoms with Gasteiger partial charge < -0.3 is 9.64 Å². The lowest BCUT2D eigenvalue weighted by molar-refractivity contribution is -0.138. The summed E-state index contributed by atoms with van der Waals surface area (Å²) in [7, 11) is 0. The Hall–Kier alpha value is -2.01. The average molecular weight is 455 g/mol. The second-order valence-corrected chi connectivity index (χ2v) is 8.62. The fraction of sp³-hybridized carbons (Fsp3) is 0.524. The van der Waals surface area contributed by atoms with E-state index in [1.807, 2.05) is 10.3 Å². The Morgan fingerprint density at radius 2 is 1.65 bits per heavy atom. The molecule has 2 aromatic rings. The van der Waals surface area contributed by atoms with Crippen LogP contribution in [0.15, 0.2) is 29.6 Å². The Morgan fingerprint density at radius 3 is 2.29 bits per heavy atom. The highest BCUT2D eigenvalue weighted by Gasteiger charge is 2.30. The van der Waals surface area contributed by atoms with Gasteiger partial charge in [-0.15, -0.1) is 11.3 Å². The van der Waals surface area contributed by atoms with Crippen molar-refractivity contribution in [1.29, 1.82) is 0 Å². The summed E-state index contributed by atoms with van der Waals surface area (Å²) in [4.78, 5) is 23.3. The average Bonchev–Trinajstić information content (AvgIpc) is 3.24. The van der Waals surface area contributed by atoms with Crippen molar-refractivity contribution in [1.82, 2.24) is 19.7 Å². The van der Waals surface area contributed by atoms with E-state index in [1.54, 1.807) is 0 Å². The fourth-order valence-corrected chi connectivity index (χ4v) is 4.57. The zero-order chi connectivity index (χ0) is 21.8. The molecular weight excluding hydrogens is 429 g/mol. The number of hydrogen-bond acceptors (Lipinski definition) is 6. The van der Waals surface area contributed by atoms with Gasteiger partial charge in [-0.05, 0) is 12.1 Å². The Morgan fingerprint density at radius 1 is 1.00 bits per heavy atom. The number of halogens is 3. The van der Waals surface area contributed by atoms with Crippen LogP contribution in [0.5, 0.6) is 0 Å². The van der Waals surface area contributed by atoms with Crippen LogP contribution in [0.1, 0.15) is 11.3 Å². The third kappa shape index (κ3) is 5.82. The molecule has 0 N–H and O–H groups in total. The van der Waals surface area contributed by atoms with Gasteiger partial charge in [0.25, 0.3) is 0 Å². The molecule has 2 saturated heterocycles. The van der Waals surface area contributed by atoms with E-state index in [-0.39, 0.29) is 5.91 Å². The minimum Gasteiger partial charge on any atom is -0.378 e. The summed E-state index contributed by atoms with van der Waals surface area (Å²) in [6, 6.07) is 5.12. The molecule has 2 aliphatic rings. The molecular formula is C21H25F3N4O2S. The van der Waals surface area contributed by atoms with Gasteiger partial charge in [-0.25, -0.2) is 4.98 Å². The van der Waals surface area contributed by atoms with Crippen molar-refractivity contribution in [3.63, 3.8) is 0 Å². The van der Waals surface area contributed by atoms with Crippen LogP contribution in [0.4, 0.5) is 13.2 Å². The molecule has 2 fully saturated rings. The number of carbonyl (C=O) groups excluding carboxylic acids is 1. The first-order valence-electron chi connectivity index (χ1n) is 10.3. The van der Waals surface area contributed by atoms with Crippen LogP contribution in [0, 0.1) is 0 Å². The lowest BCUT2D eigenvalue weighted by Crippen LogP contribution is -2.51. The predicted octanol–water partition coefficient (Wildman–Crippen LogP) is 2.81. The summed E-state index contributed by atoms with van der Waals surface area (Å²) >= 11 is 1.44. The monoisotopic (exact) mass is 454 g/mol. The van der Waals surface area contributed by atoms with E-state index in [2.05, 4.69) is 14.8 Å². The van der Waals surface area contributed by atoms with Crippen LogP contribution in [-0.2, 0) is 22.3 Å². The summed E-state index contributed by atoms with van der Waals surface area (Å²) in [6.45, 7) is 7.06. The van der Waals surface area contributed by atoms with Crippen molar-refractivity contribution in [3.05, 3.63) is 40.9 Å². The summed E-state index contributed by atoms with van der Waals surface area (Å²) < 4.78 is 43.5. The number of morpholine rings is 1. The van der Waals surface area contributed by atoms with Gasteiger partial charge in [-0.3, -0.25) is 14.6 Å². The van der Waals surface area contributed by atoms with E-state index < -0.39 is 11.7 Å². The van der Waals surface area contributed by atoms with Crippen LogP contribution in [0.25, 0.3) is 10.6 Å². The maximum Gasteiger partial charge on any atom is 0.416 e. The Bertz CT molecular complexity index is 873. The van der Waals surface area contributed by atoms with Crippen LogP contribution in [0.2, 0.25) is 0 Å². The van der Waals surface area contributed by atoms with Gasteiger partial charge in [0, 0.05) is 56.8 Å². The molecule has 4 rings (SSSR count). The molecule has 0 aliphatic carbocycles. The highest BCUT2D eigenvalue weighted by atomic mass is 32.1. The zero-order valence-corrected chi connectivity index (χ0v) is 17.9. The SMILES string of the molecule is O=C(CN1CCN(Cc2csc(-c3ccc(C(F)(F)F)cc3)n2)CC1)N1CCOCC1. The molecule has 0 bridgehead atoms. The molecule has 0 spiro atoms. The number of thiazole rings is 1. The quantitative estimate of drug-likeness (QED) is 0.696. The van der Waals surface area contributed by atoms with Crippen molar-refractivity contribution in [2.24, 2.45) is 0 Å². The van der Waals surface area contributed by atoms with E-state index in [0.29, 0.717) is 45.0 Å². The summed E-state index contributed by atoms with van der Waals surface area (Å²) in [5.41, 5.74) is 0.950. The number of amides is 1. The van der Waals surface area contributed by atoms with Gasteiger partial charge in [-0.2, -0.15) is 13.2 Å². The maximum absolute atomic E-state index is 12.7. The number of hydrogen-bond donors (Lipinski definition) is 0. The third-order valence-electron chi connectivity index (χ3n) is 5.58. The highest BCUT2D eigenvalue weighted by molar-refractivity contribution is 7.13. The lowest BCUT2D eigenvalue weighted by Gasteiger charge is -2.35. The van der Waals surface area contributed by atoms with Crippen molar-refractivity contribution < 1.29 is 22.7 Å². The normalized spacial score (nSPS) is 19.0. The minimum absolute atomic E-state index is 0.164. The molecule has 168 valence electrons.